The van der Waals surface area contributed by atoms with Crippen LogP contribution < -0.4 is 10.6 Å². The van der Waals surface area contributed by atoms with Crippen molar-refractivity contribution in [1.29, 1.82) is 0 Å². The second-order valence-electron chi connectivity index (χ2n) is 5.23. The van der Waals surface area contributed by atoms with Crippen molar-refractivity contribution in [3.05, 3.63) is 35.9 Å². The molecule has 0 heterocycles. The standard InChI is InChI=1S/C15H22N2O3/c1-10(2)13(14(18)19)17-15(20)16-9-11(3)12-7-5-4-6-8-12/h4-8,10-11,13H,9H2,1-3H3,(H,18,19)(H2,16,17,20)/t11?,13-/m0/s1. The van der Waals surface area contributed by atoms with Crippen LogP contribution in [0.15, 0.2) is 30.3 Å². The van der Waals surface area contributed by atoms with E-state index in [9.17, 15) is 9.59 Å². The average Bonchev–Trinajstić information content (AvgIpc) is 2.42. The summed E-state index contributed by atoms with van der Waals surface area (Å²) in [6.07, 6.45) is 0. The number of amides is 2. The van der Waals surface area contributed by atoms with Crippen LogP contribution >= 0.6 is 0 Å². The van der Waals surface area contributed by atoms with Crippen LogP contribution in [0.25, 0.3) is 0 Å². The van der Waals surface area contributed by atoms with Crippen LogP contribution in [-0.4, -0.2) is 29.7 Å². The summed E-state index contributed by atoms with van der Waals surface area (Å²) < 4.78 is 0. The Hall–Kier alpha value is -2.04. The first-order valence-corrected chi connectivity index (χ1v) is 6.74. The first-order chi connectivity index (χ1) is 9.41. The molecule has 0 aromatic heterocycles. The normalized spacial score (nSPS) is 13.6. The lowest BCUT2D eigenvalue weighted by atomic mass is 10.0. The summed E-state index contributed by atoms with van der Waals surface area (Å²) in [5.41, 5.74) is 1.13. The van der Waals surface area contributed by atoms with Gasteiger partial charge in [0.2, 0.25) is 0 Å². The number of aliphatic carboxylic acids is 1. The Bertz CT molecular complexity index is 446. The number of carbonyl (C=O) groups is 2. The second-order valence-corrected chi connectivity index (χ2v) is 5.23. The van der Waals surface area contributed by atoms with Gasteiger partial charge in [-0.15, -0.1) is 0 Å². The highest BCUT2D eigenvalue weighted by Gasteiger charge is 2.23. The van der Waals surface area contributed by atoms with Gasteiger partial charge in [0.1, 0.15) is 6.04 Å². The third-order valence-corrected chi connectivity index (χ3v) is 3.16. The maximum absolute atomic E-state index is 11.7. The molecule has 2 amide bonds. The molecule has 1 unspecified atom stereocenters. The molecule has 0 spiro atoms. The lowest BCUT2D eigenvalue weighted by molar-refractivity contribution is -0.140. The summed E-state index contributed by atoms with van der Waals surface area (Å²) in [6, 6.07) is 8.51. The maximum Gasteiger partial charge on any atom is 0.326 e. The number of urea groups is 1. The average molecular weight is 278 g/mol. The van der Waals surface area contributed by atoms with Crippen LogP contribution in [0.1, 0.15) is 32.3 Å². The van der Waals surface area contributed by atoms with Gasteiger partial charge in [0.25, 0.3) is 0 Å². The van der Waals surface area contributed by atoms with E-state index in [4.69, 9.17) is 5.11 Å². The second kappa shape index (κ2) is 7.53. The Kier molecular flexibility index (Phi) is 6.03. The lowest BCUT2D eigenvalue weighted by Crippen LogP contribution is -2.49. The molecule has 0 saturated carbocycles. The Morgan fingerprint density at radius 1 is 1.15 bits per heavy atom. The highest BCUT2D eigenvalue weighted by Crippen LogP contribution is 2.12. The Morgan fingerprint density at radius 2 is 1.75 bits per heavy atom. The SMILES string of the molecule is CC(CNC(=O)N[C@H](C(=O)O)C(C)C)c1ccccc1. The number of hydrogen-bond donors (Lipinski definition) is 3. The predicted molar refractivity (Wildman–Crippen MR) is 77.7 cm³/mol. The molecule has 0 bridgehead atoms. The lowest BCUT2D eigenvalue weighted by Gasteiger charge is -2.19. The zero-order chi connectivity index (χ0) is 15.1. The molecular weight excluding hydrogens is 256 g/mol. The molecule has 20 heavy (non-hydrogen) atoms. The molecule has 0 fully saturated rings. The number of carbonyl (C=O) groups excluding carboxylic acids is 1. The minimum absolute atomic E-state index is 0.162. The highest BCUT2D eigenvalue weighted by molar-refractivity contribution is 5.82. The zero-order valence-electron chi connectivity index (χ0n) is 12.1. The van der Waals surface area contributed by atoms with Gasteiger partial charge in [-0.05, 0) is 17.4 Å². The number of rotatable bonds is 6. The van der Waals surface area contributed by atoms with Gasteiger partial charge in [0.15, 0.2) is 0 Å². The summed E-state index contributed by atoms with van der Waals surface area (Å²) in [5.74, 6) is -1.01. The van der Waals surface area contributed by atoms with E-state index in [2.05, 4.69) is 10.6 Å². The van der Waals surface area contributed by atoms with Crippen LogP contribution in [-0.2, 0) is 4.79 Å². The number of hydrogen-bond acceptors (Lipinski definition) is 2. The largest absolute Gasteiger partial charge is 0.480 e. The molecule has 5 heteroatoms. The highest BCUT2D eigenvalue weighted by atomic mass is 16.4. The molecule has 0 radical (unpaired) electrons. The van der Waals surface area contributed by atoms with E-state index in [-0.39, 0.29) is 11.8 Å². The number of nitrogens with one attached hydrogen (secondary N) is 2. The molecular formula is C15H22N2O3. The Labute approximate surface area is 119 Å². The van der Waals surface area contributed by atoms with Crippen LogP contribution in [0.3, 0.4) is 0 Å². The quantitative estimate of drug-likeness (QED) is 0.746. The fourth-order valence-electron chi connectivity index (χ4n) is 1.85. The molecule has 110 valence electrons. The van der Waals surface area contributed by atoms with Crippen molar-refractivity contribution in [1.82, 2.24) is 10.6 Å². The van der Waals surface area contributed by atoms with Gasteiger partial charge in [-0.1, -0.05) is 51.1 Å². The van der Waals surface area contributed by atoms with Crippen molar-refractivity contribution < 1.29 is 14.7 Å². The third kappa shape index (κ3) is 4.91. The summed E-state index contributed by atoms with van der Waals surface area (Å²) in [5, 5.41) is 14.2. The Morgan fingerprint density at radius 3 is 2.25 bits per heavy atom. The molecule has 0 aliphatic carbocycles. The predicted octanol–water partition coefficient (Wildman–Crippen LogP) is 2.20. The number of carboxylic acids is 1. The Balaban J connectivity index is 2.45. The fraction of sp³-hybridized carbons (Fsp3) is 0.467. The van der Waals surface area contributed by atoms with Crippen LogP contribution in [0, 0.1) is 5.92 Å². The van der Waals surface area contributed by atoms with E-state index < -0.39 is 18.0 Å². The molecule has 3 N–H and O–H groups in total. The van der Waals surface area contributed by atoms with Crippen molar-refractivity contribution in [2.45, 2.75) is 32.7 Å². The molecule has 0 aliphatic heterocycles. The van der Waals surface area contributed by atoms with E-state index in [0.717, 1.165) is 5.56 Å². The molecule has 1 aromatic carbocycles. The third-order valence-electron chi connectivity index (χ3n) is 3.16. The van der Waals surface area contributed by atoms with E-state index in [1.54, 1.807) is 13.8 Å². The molecule has 0 saturated heterocycles. The molecule has 1 aromatic rings. The van der Waals surface area contributed by atoms with E-state index in [1.807, 2.05) is 37.3 Å². The summed E-state index contributed by atoms with van der Waals surface area (Å²) in [6.45, 7) is 5.98. The van der Waals surface area contributed by atoms with Crippen molar-refractivity contribution in [2.75, 3.05) is 6.54 Å². The van der Waals surface area contributed by atoms with Crippen molar-refractivity contribution in [3.63, 3.8) is 0 Å². The van der Waals surface area contributed by atoms with Gasteiger partial charge in [0.05, 0.1) is 0 Å². The number of carboxylic acid groups (broad SMARTS) is 1. The molecule has 2 atom stereocenters. The van der Waals surface area contributed by atoms with Crippen molar-refractivity contribution in [2.24, 2.45) is 5.92 Å². The van der Waals surface area contributed by atoms with Crippen molar-refractivity contribution >= 4 is 12.0 Å². The number of benzene rings is 1. The van der Waals surface area contributed by atoms with Gasteiger partial charge in [-0.3, -0.25) is 0 Å². The van der Waals surface area contributed by atoms with Gasteiger partial charge in [-0.25, -0.2) is 9.59 Å². The van der Waals surface area contributed by atoms with Crippen LogP contribution in [0.5, 0.6) is 0 Å². The first-order valence-electron chi connectivity index (χ1n) is 6.74. The fourth-order valence-corrected chi connectivity index (χ4v) is 1.85. The monoisotopic (exact) mass is 278 g/mol. The molecule has 0 aliphatic rings. The van der Waals surface area contributed by atoms with E-state index in [0.29, 0.717) is 6.54 Å². The molecule has 5 nitrogen and oxygen atoms in total. The van der Waals surface area contributed by atoms with Gasteiger partial charge in [-0.2, -0.15) is 0 Å². The first kappa shape index (κ1) is 16.0. The summed E-state index contributed by atoms with van der Waals surface area (Å²) >= 11 is 0. The minimum atomic E-state index is -1.02. The molecule has 1 rings (SSSR count). The van der Waals surface area contributed by atoms with Crippen LogP contribution in [0.4, 0.5) is 4.79 Å². The van der Waals surface area contributed by atoms with Crippen LogP contribution in [0.2, 0.25) is 0 Å². The van der Waals surface area contributed by atoms with E-state index in [1.165, 1.54) is 0 Å². The minimum Gasteiger partial charge on any atom is -0.480 e. The van der Waals surface area contributed by atoms with Crippen molar-refractivity contribution in [3.8, 4) is 0 Å². The van der Waals surface area contributed by atoms with Gasteiger partial charge in [0, 0.05) is 6.54 Å². The maximum atomic E-state index is 11.7. The smallest absolute Gasteiger partial charge is 0.326 e. The summed E-state index contributed by atoms with van der Waals surface area (Å²) in [7, 11) is 0. The van der Waals surface area contributed by atoms with Gasteiger partial charge < -0.3 is 15.7 Å². The zero-order valence-corrected chi connectivity index (χ0v) is 12.1. The topological polar surface area (TPSA) is 78.4 Å². The summed E-state index contributed by atoms with van der Waals surface area (Å²) in [4.78, 5) is 22.7. The van der Waals surface area contributed by atoms with E-state index >= 15 is 0 Å². The van der Waals surface area contributed by atoms with Gasteiger partial charge >= 0.3 is 12.0 Å².